The summed E-state index contributed by atoms with van der Waals surface area (Å²) in [5, 5.41) is 2.63. The van der Waals surface area contributed by atoms with Crippen molar-refractivity contribution in [3.05, 3.63) is 71.8 Å². The number of amides is 1. The van der Waals surface area contributed by atoms with Crippen LogP contribution in [0.4, 0.5) is 0 Å². The number of rotatable bonds is 7. The van der Waals surface area contributed by atoms with Crippen LogP contribution in [-0.4, -0.2) is 30.8 Å². The standard InChI is InChI=1S/C19H19NO4/c1-2-24-19(23)16(17(21)14-9-5-3-6-10-14)13-20-18(22)15-11-7-4-8-12-15/h3-12,16H,2,13H2,1H3,(H,20,22). The number of carbonyl (C=O) groups is 3. The largest absolute Gasteiger partial charge is 0.465 e. The summed E-state index contributed by atoms with van der Waals surface area (Å²) in [5.41, 5.74) is 0.872. The molecular formula is C19H19NO4. The highest BCUT2D eigenvalue weighted by atomic mass is 16.5. The predicted octanol–water partition coefficient (Wildman–Crippen LogP) is 2.48. The molecule has 2 aromatic carbocycles. The Morgan fingerprint density at radius 2 is 1.46 bits per heavy atom. The molecule has 5 nitrogen and oxygen atoms in total. The summed E-state index contributed by atoms with van der Waals surface area (Å²) >= 11 is 0. The highest BCUT2D eigenvalue weighted by Gasteiger charge is 2.29. The lowest BCUT2D eigenvalue weighted by Crippen LogP contribution is -2.38. The van der Waals surface area contributed by atoms with Gasteiger partial charge in [0.2, 0.25) is 0 Å². The number of Topliss-reactive ketones (excluding diaryl/α,β-unsaturated/α-hetero) is 1. The fourth-order valence-corrected chi connectivity index (χ4v) is 2.22. The number of ketones is 1. The first-order chi connectivity index (χ1) is 11.6. The van der Waals surface area contributed by atoms with Crippen molar-refractivity contribution in [2.75, 3.05) is 13.2 Å². The van der Waals surface area contributed by atoms with Gasteiger partial charge in [0.05, 0.1) is 6.61 Å². The fourth-order valence-electron chi connectivity index (χ4n) is 2.22. The van der Waals surface area contributed by atoms with Crippen molar-refractivity contribution in [3.63, 3.8) is 0 Å². The topological polar surface area (TPSA) is 72.5 Å². The van der Waals surface area contributed by atoms with E-state index < -0.39 is 11.9 Å². The molecule has 5 heteroatoms. The van der Waals surface area contributed by atoms with Gasteiger partial charge in [0.15, 0.2) is 5.78 Å². The summed E-state index contributed by atoms with van der Waals surface area (Å²) < 4.78 is 4.97. The quantitative estimate of drug-likeness (QED) is 0.482. The minimum absolute atomic E-state index is 0.111. The number of ether oxygens (including phenoxy) is 1. The number of nitrogens with one attached hydrogen (secondary N) is 1. The van der Waals surface area contributed by atoms with Crippen LogP contribution < -0.4 is 5.32 Å². The molecule has 0 aliphatic carbocycles. The predicted molar refractivity (Wildman–Crippen MR) is 89.7 cm³/mol. The maximum absolute atomic E-state index is 12.6. The SMILES string of the molecule is CCOC(=O)C(CNC(=O)c1ccccc1)C(=O)c1ccccc1. The second-order valence-electron chi connectivity index (χ2n) is 5.11. The maximum atomic E-state index is 12.6. The molecule has 0 radical (unpaired) electrons. The van der Waals surface area contributed by atoms with Crippen molar-refractivity contribution >= 4 is 17.7 Å². The van der Waals surface area contributed by atoms with E-state index in [4.69, 9.17) is 4.74 Å². The fraction of sp³-hybridized carbons (Fsp3) is 0.211. The van der Waals surface area contributed by atoms with Gasteiger partial charge in [0.25, 0.3) is 5.91 Å². The molecule has 0 spiro atoms. The summed E-state index contributed by atoms with van der Waals surface area (Å²) in [5.74, 6) is -2.42. The first-order valence-corrected chi connectivity index (χ1v) is 7.72. The van der Waals surface area contributed by atoms with E-state index >= 15 is 0 Å². The second kappa shape index (κ2) is 8.62. The van der Waals surface area contributed by atoms with E-state index in [1.165, 1.54) is 0 Å². The molecule has 1 unspecified atom stereocenters. The van der Waals surface area contributed by atoms with Crippen LogP contribution in [-0.2, 0) is 9.53 Å². The lowest BCUT2D eigenvalue weighted by atomic mass is 9.97. The van der Waals surface area contributed by atoms with Crippen LogP contribution in [0.5, 0.6) is 0 Å². The van der Waals surface area contributed by atoms with E-state index in [1.54, 1.807) is 67.6 Å². The molecule has 0 fully saturated rings. The Labute approximate surface area is 140 Å². The minimum atomic E-state index is -1.07. The van der Waals surface area contributed by atoms with Gasteiger partial charge in [0, 0.05) is 17.7 Å². The van der Waals surface area contributed by atoms with Crippen molar-refractivity contribution in [1.29, 1.82) is 0 Å². The summed E-state index contributed by atoms with van der Waals surface area (Å²) in [4.78, 5) is 36.8. The molecule has 124 valence electrons. The zero-order valence-corrected chi connectivity index (χ0v) is 13.4. The van der Waals surface area contributed by atoms with E-state index in [0.29, 0.717) is 11.1 Å². The number of esters is 1. The van der Waals surface area contributed by atoms with Crippen LogP contribution in [0.15, 0.2) is 60.7 Å². The normalized spacial score (nSPS) is 11.4. The molecule has 1 amide bonds. The first kappa shape index (κ1) is 17.4. The third-order valence-electron chi connectivity index (χ3n) is 3.45. The molecule has 0 aliphatic rings. The van der Waals surface area contributed by atoms with Gasteiger partial charge in [-0.3, -0.25) is 14.4 Å². The Bertz CT molecular complexity index is 698. The molecule has 1 N–H and O–H groups in total. The van der Waals surface area contributed by atoms with Crippen molar-refractivity contribution in [3.8, 4) is 0 Å². The Hall–Kier alpha value is -2.95. The molecule has 2 aromatic rings. The molecule has 1 atom stereocenters. The number of carbonyl (C=O) groups excluding carboxylic acids is 3. The summed E-state index contributed by atoms with van der Waals surface area (Å²) in [6.07, 6.45) is 0. The van der Waals surface area contributed by atoms with Crippen LogP contribution >= 0.6 is 0 Å². The van der Waals surface area contributed by atoms with E-state index in [2.05, 4.69) is 5.32 Å². The van der Waals surface area contributed by atoms with Gasteiger partial charge in [-0.1, -0.05) is 48.5 Å². The van der Waals surface area contributed by atoms with E-state index in [-0.39, 0.29) is 24.8 Å². The third-order valence-corrected chi connectivity index (χ3v) is 3.45. The first-order valence-electron chi connectivity index (χ1n) is 7.72. The van der Waals surface area contributed by atoms with E-state index in [9.17, 15) is 14.4 Å². The summed E-state index contributed by atoms with van der Waals surface area (Å²) in [6.45, 7) is 1.73. The minimum Gasteiger partial charge on any atom is -0.465 e. The van der Waals surface area contributed by atoms with Gasteiger partial charge < -0.3 is 10.1 Å². The highest BCUT2D eigenvalue weighted by molar-refractivity contribution is 6.09. The van der Waals surface area contributed by atoms with Gasteiger partial charge in [-0.05, 0) is 19.1 Å². The van der Waals surface area contributed by atoms with Crippen molar-refractivity contribution < 1.29 is 19.1 Å². The number of hydrogen-bond acceptors (Lipinski definition) is 4. The molecule has 0 aromatic heterocycles. The van der Waals surface area contributed by atoms with Crippen molar-refractivity contribution in [2.24, 2.45) is 5.92 Å². The van der Waals surface area contributed by atoms with Crippen LogP contribution in [0.2, 0.25) is 0 Å². The van der Waals surface area contributed by atoms with Crippen LogP contribution in [0, 0.1) is 5.92 Å². The summed E-state index contributed by atoms with van der Waals surface area (Å²) in [7, 11) is 0. The lowest BCUT2D eigenvalue weighted by Gasteiger charge is -2.15. The Morgan fingerprint density at radius 1 is 0.917 bits per heavy atom. The molecule has 24 heavy (non-hydrogen) atoms. The van der Waals surface area contributed by atoms with Gasteiger partial charge in [-0.25, -0.2) is 0 Å². The molecular weight excluding hydrogens is 306 g/mol. The second-order valence-corrected chi connectivity index (χ2v) is 5.11. The molecule has 0 aliphatic heterocycles. The van der Waals surface area contributed by atoms with Crippen LogP contribution in [0.3, 0.4) is 0 Å². The van der Waals surface area contributed by atoms with Gasteiger partial charge >= 0.3 is 5.97 Å². The monoisotopic (exact) mass is 325 g/mol. The molecule has 0 saturated heterocycles. The van der Waals surface area contributed by atoms with Crippen molar-refractivity contribution in [2.45, 2.75) is 6.92 Å². The lowest BCUT2D eigenvalue weighted by molar-refractivity contribution is -0.145. The Kier molecular flexibility index (Phi) is 6.25. The van der Waals surface area contributed by atoms with Crippen molar-refractivity contribution in [1.82, 2.24) is 5.32 Å². The maximum Gasteiger partial charge on any atom is 0.318 e. The van der Waals surface area contributed by atoms with E-state index in [1.807, 2.05) is 0 Å². The number of benzene rings is 2. The molecule has 0 saturated carbocycles. The van der Waals surface area contributed by atoms with Gasteiger partial charge in [0.1, 0.15) is 5.92 Å². The summed E-state index contributed by atoms with van der Waals surface area (Å²) in [6, 6.07) is 17.1. The Morgan fingerprint density at radius 3 is 2.00 bits per heavy atom. The average molecular weight is 325 g/mol. The van der Waals surface area contributed by atoms with E-state index in [0.717, 1.165) is 0 Å². The zero-order chi connectivity index (χ0) is 17.4. The molecule has 2 rings (SSSR count). The van der Waals surface area contributed by atoms with Crippen LogP contribution in [0.25, 0.3) is 0 Å². The smallest absolute Gasteiger partial charge is 0.318 e. The molecule has 0 bridgehead atoms. The Balaban J connectivity index is 2.10. The highest BCUT2D eigenvalue weighted by Crippen LogP contribution is 2.11. The average Bonchev–Trinajstić information content (AvgIpc) is 2.63. The number of hydrogen-bond donors (Lipinski definition) is 1. The zero-order valence-electron chi connectivity index (χ0n) is 13.4. The third kappa shape index (κ3) is 4.52. The molecule has 0 heterocycles. The van der Waals surface area contributed by atoms with Crippen LogP contribution in [0.1, 0.15) is 27.6 Å². The van der Waals surface area contributed by atoms with Gasteiger partial charge in [-0.15, -0.1) is 0 Å². The van der Waals surface area contributed by atoms with Gasteiger partial charge in [-0.2, -0.15) is 0 Å².